The van der Waals surface area contributed by atoms with Gasteiger partial charge in [-0.05, 0) is 62.3 Å². The van der Waals surface area contributed by atoms with E-state index in [0.717, 1.165) is 29.7 Å². The summed E-state index contributed by atoms with van der Waals surface area (Å²) in [4.78, 5) is 0. The van der Waals surface area contributed by atoms with Gasteiger partial charge in [0, 0.05) is 6.04 Å². The average molecular weight is 263 g/mol. The molecule has 0 radical (unpaired) electrons. The van der Waals surface area contributed by atoms with E-state index in [2.05, 4.69) is 12.2 Å². The molecular formula is C18H33N. The van der Waals surface area contributed by atoms with E-state index in [9.17, 15) is 0 Å². The molecule has 0 heterocycles. The monoisotopic (exact) mass is 263 g/mol. The minimum Gasteiger partial charge on any atom is -0.314 e. The second kappa shape index (κ2) is 6.61. The molecule has 110 valence electrons. The summed E-state index contributed by atoms with van der Waals surface area (Å²) in [6, 6.07) is 0.860. The Kier molecular flexibility index (Phi) is 4.84. The Morgan fingerprint density at radius 3 is 2.47 bits per heavy atom. The van der Waals surface area contributed by atoms with Crippen molar-refractivity contribution in [3.8, 4) is 0 Å². The summed E-state index contributed by atoms with van der Waals surface area (Å²) in [7, 11) is 0. The molecule has 2 bridgehead atoms. The number of fused-ring (bicyclic) bond motifs is 2. The van der Waals surface area contributed by atoms with Gasteiger partial charge in [0.2, 0.25) is 0 Å². The van der Waals surface area contributed by atoms with Gasteiger partial charge in [-0.1, -0.05) is 45.4 Å². The Bertz CT molecular complexity index is 269. The largest absolute Gasteiger partial charge is 0.314 e. The van der Waals surface area contributed by atoms with Crippen molar-refractivity contribution in [1.29, 1.82) is 0 Å². The molecule has 0 spiro atoms. The van der Waals surface area contributed by atoms with Crippen LogP contribution in [-0.4, -0.2) is 12.6 Å². The minimum atomic E-state index is 0.860. The second-order valence-corrected chi connectivity index (χ2v) is 7.64. The topological polar surface area (TPSA) is 12.0 Å². The van der Waals surface area contributed by atoms with Gasteiger partial charge >= 0.3 is 0 Å². The molecule has 1 N–H and O–H groups in total. The lowest BCUT2D eigenvalue weighted by Gasteiger charge is -2.35. The van der Waals surface area contributed by atoms with Crippen molar-refractivity contribution < 1.29 is 0 Å². The number of hydrogen-bond donors (Lipinski definition) is 1. The first-order valence-electron chi connectivity index (χ1n) is 9.10. The molecule has 0 aliphatic heterocycles. The van der Waals surface area contributed by atoms with Gasteiger partial charge < -0.3 is 5.32 Å². The normalized spacial score (nSPS) is 36.8. The van der Waals surface area contributed by atoms with Crippen molar-refractivity contribution in [2.45, 2.75) is 83.6 Å². The fraction of sp³-hybridized carbons (Fsp3) is 1.00. The molecule has 0 aromatic carbocycles. The molecule has 1 nitrogen and oxygen atoms in total. The van der Waals surface area contributed by atoms with Crippen molar-refractivity contribution in [2.75, 3.05) is 6.54 Å². The summed E-state index contributed by atoms with van der Waals surface area (Å²) in [5.41, 5.74) is 0. The number of nitrogens with one attached hydrogen (secondary N) is 1. The molecule has 19 heavy (non-hydrogen) atoms. The van der Waals surface area contributed by atoms with Crippen LogP contribution in [0.2, 0.25) is 0 Å². The third-order valence-corrected chi connectivity index (χ3v) is 6.28. The maximum atomic E-state index is 3.94. The van der Waals surface area contributed by atoms with Crippen LogP contribution in [0.3, 0.4) is 0 Å². The van der Waals surface area contributed by atoms with Crippen molar-refractivity contribution in [3.05, 3.63) is 0 Å². The standard InChI is InChI=1S/C18H33N/c1-2-10-19-18(13-14-6-4-3-5-7-14)17-12-15-8-9-16(17)11-15/h14-19H,2-13H2,1H3. The van der Waals surface area contributed by atoms with E-state index in [-0.39, 0.29) is 0 Å². The van der Waals surface area contributed by atoms with E-state index >= 15 is 0 Å². The quantitative estimate of drug-likeness (QED) is 0.728. The van der Waals surface area contributed by atoms with E-state index in [0.29, 0.717) is 0 Å². The van der Waals surface area contributed by atoms with Gasteiger partial charge in [-0.2, -0.15) is 0 Å². The van der Waals surface area contributed by atoms with Gasteiger partial charge in [0.1, 0.15) is 0 Å². The van der Waals surface area contributed by atoms with Crippen LogP contribution in [0, 0.1) is 23.7 Å². The fourth-order valence-corrected chi connectivity index (χ4v) is 5.31. The highest BCUT2D eigenvalue weighted by Gasteiger charge is 2.43. The van der Waals surface area contributed by atoms with Crippen LogP contribution in [0.25, 0.3) is 0 Å². The maximum absolute atomic E-state index is 3.94. The molecule has 4 atom stereocenters. The van der Waals surface area contributed by atoms with E-state index in [4.69, 9.17) is 0 Å². The van der Waals surface area contributed by atoms with E-state index in [1.807, 2.05) is 0 Å². The molecular weight excluding hydrogens is 230 g/mol. The summed E-state index contributed by atoms with van der Waals surface area (Å²) >= 11 is 0. The van der Waals surface area contributed by atoms with Crippen LogP contribution in [-0.2, 0) is 0 Å². The molecule has 3 rings (SSSR count). The summed E-state index contributed by atoms with van der Waals surface area (Å²) < 4.78 is 0. The lowest BCUT2D eigenvalue weighted by atomic mass is 9.76. The Hall–Kier alpha value is -0.0400. The molecule has 3 fully saturated rings. The van der Waals surface area contributed by atoms with Crippen LogP contribution in [0.15, 0.2) is 0 Å². The van der Waals surface area contributed by atoms with Crippen LogP contribution in [0.4, 0.5) is 0 Å². The molecule has 3 aliphatic carbocycles. The third kappa shape index (κ3) is 3.35. The summed E-state index contributed by atoms with van der Waals surface area (Å²) in [6.45, 7) is 3.55. The summed E-state index contributed by atoms with van der Waals surface area (Å²) in [6.07, 6.45) is 16.5. The van der Waals surface area contributed by atoms with Gasteiger partial charge in [0.05, 0.1) is 0 Å². The average Bonchev–Trinajstić information content (AvgIpc) is 3.07. The first kappa shape index (κ1) is 13.9. The van der Waals surface area contributed by atoms with Gasteiger partial charge in [-0.3, -0.25) is 0 Å². The van der Waals surface area contributed by atoms with Gasteiger partial charge in [-0.15, -0.1) is 0 Å². The lowest BCUT2D eigenvalue weighted by Crippen LogP contribution is -2.40. The van der Waals surface area contributed by atoms with Crippen molar-refractivity contribution in [3.63, 3.8) is 0 Å². The first-order chi connectivity index (χ1) is 9.36. The van der Waals surface area contributed by atoms with Crippen molar-refractivity contribution >= 4 is 0 Å². The Morgan fingerprint density at radius 2 is 1.84 bits per heavy atom. The minimum absolute atomic E-state index is 0.860. The van der Waals surface area contributed by atoms with Gasteiger partial charge in [-0.25, -0.2) is 0 Å². The van der Waals surface area contributed by atoms with E-state index < -0.39 is 0 Å². The van der Waals surface area contributed by atoms with E-state index in [1.54, 1.807) is 25.7 Å². The highest BCUT2D eigenvalue weighted by Crippen LogP contribution is 2.50. The smallest absolute Gasteiger partial charge is 0.0101 e. The molecule has 0 saturated heterocycles. The molecule has 3 saturated carbocycles. The fourth-order valence-electron chi connectivity index (χ4n) is 5.31. The van der Waals surface area contributed by atoms with Crippen molar-refractivity contribution in [2.24, 2.45) is 23.7 Å². The first-order valence-corrected chi connectivity index (χ1v) is 9.10. The number of hydrogen-bond acceptors (Lipinski definition) is 1. The molecule has 0 aromatic heterocycles. The molecule has 4 unspecified atom stereocenters. The van der Waals surface area contributed by atoms with Crippen molar-refractivity contribution in [1.82, 2.24) is 5.32 Å². The molecule has 1 heteroatoms. The predicted molar refractivity (Wildman–Crippen MR) is 82.2 cm³/mol. The zero-order chi connectivity index (χ0) is 13.1. The summed E-state index contributed by atoms with van der Waals surface area (Å²) in [5.74, 6) is 4.27. The zero-order valence-electron chi connectivity index (χ0n) is 12.9. The SMILES string of the molecule is CCCNC(CC1CCCCC1)C1CC2CCC1C2. The zero-order valence-corrected chi connectivity index (χ0v) is 12.9. The van der Waals surface area contributed by atoms with E-state index in [1.165, 1.54) is 51.5 Å². The molecule has 3 aliphatic rings. The molecule has 0 amide bonds. The maximum Gasteiger partial charge on any atom is 0.0101 e. The number of rotatable bonds is 6. The lowest BCUT2D eigenvalue weighted by molar-refractivity contribution is 0.199. The second-order valence-electron chi connectivity index (χ2n) is 7.64. The molecule has 0 aromatic rings. The van der Waals surface area contributed by atoms with Crippen LogP contribution < -0.4 is 5.32 Å². The third-order valence-electron chi connectivity index (χ3n) is 6.28. The predicted octanol–water partition coefficient (Wildman–Crippen LogP) is 4.76. The highest BCUT2D eigenvalue weighted by molar-refractivity contribution is 4.96. The Labute approximate surface area is 119 Å². The summed E-state index contributed by atoms with van der Waals surface area (Å²) in [5, 5.41) is 3.94. The van der Waals surface area contributed by atoms with Crippen LogP contribution >= 0.6 is 0 Å². The van der Waals surface area contributed by atoms with Gasteiger partial charge in [0.25, 0.3) is 0 Å². The Balaban J connectivity index is 1.56. The van der Waals surface area contributed by atoms with Crippen LogP contribution in [0.1, 0.15) is 77.6 Å². The highest BCUT2D eigenvalue weighted by atomic mass is 14.9. The Morgan fingerprint density at radius 1 is 1.00 bits per heavy atom. The van der Waals surface area contributed by atoms with Gasteiger partial charge in [0.15, 0.2) is 0 Å². The van der Waals surface area contributed by atoms with Crippen LogP contribution in [0.5, 0.6) is 0 Å².